The lowest BCUT2D eigenvalue weighted by molar-refractivity contribution is -0.743. The zero-order valence-corrected chi connectivity index (χ0v) is 17.7. The third-order valence-corrected chi connectivity index (χ3v) is 5.64. The number of benzene rings is 2. The molecule has 3 nitrogen and oxygen atoms in total. The van der Waals surface area contributed by atoms with Crippen molar-refractivity contribution < 1.29 is 9.25 Å². The van der Waals surface area contributed by atoms with Gasteiger partial charge < -0.3 is 0 Å². The largest absolute Gasteiger partial charge is 0.246 e. The number of aryl methyl sites for hydroxylation is 2. The van der Waals surface area contributed by atoms with Crippen LogP contribution in [0.3, 0.4) is 0 Å². The van der Waals surface area contributed by atoms with Crippen LogP contribution in [0.5, 0.6) is 0 Å². The standard InChI is InChI=1S/C25H29N3/c1-17(2)28-23-13-8-7-12-21(23)25(26(28)6)22-15-18(3)16-24(20(22)5)27-14-10-9-11-19(27)4/h7-17H,1-6H3/q+2. The number of hydrogen-bond donors (Lipinski definition) is 0. The molecule has 0 saturated carbocycles. The maximum absolute atomic E-state index is 2.38. The van der Waals surface area contributed by atoms with Gasteiger partial charge >= 0.3 is 0 Å². The van der Waals surface area contributed by atoms with Crippen molar-refractivity contribution in [2.24, 2.45) is 7.05 Å². The first-order valence-electron chi connectivity index (χ1n) is 9.98. The number of aromatic nitrogens is 3. The highest BCUT2D eigenvalue weighted by atomic mass is 15.4. The Kier molecular flexibility index (Phi) is 4.54. The van der Waals surface area contributed by atoms with Crippen molar-refractivity contribution in [2.75, 3.05) is 0 Å². The van der Waals surface area contributed by atoms with Crippen LogP contribution in [-0.2, 0) is 7.05 Å². The summed E-state index contributed by atoms with van der Waals surface area (Å²) in [7, 11) is 2.18. The number of para-hydroxylation sites is 1. The monoisotopic (exact) mass is 371 g/mol. The number of pyridine rings is 1. The first-order chi connectivity index (χ1) is 13.4. The maximum Gasteiger partial charge on any atom is 0.246 e. The van der Waals surface area contributed by atoms with Crippen molar-refractivity contribution in [2.45, 2.75) is 40.7 Å². The highest BCUT2D eigenvalue weighted by molar-refractivity contribution is 5.92. The zero-order valence-electron chi connectivity index (χ0n) is 17.7. The van der Waals surface area contributed by atoms with Gasteiger partial charge in [-0.2, -0.15) is 9.25 Å². The maximum atomic E-state index is 2.38. The van der Waals surface area contributed by atoms with Crippen LogP contribution in [0.25, 0.3) is 27.8 Å². The Morgan fingerprint density at radius 2 is 1.61 bits per heavy atom. The topological polar surface area (TPSA) is 12.7 Å². The summed E-state index contributed by atoms with van der Waals surface area (Å²) in [6, 6.07) is 20.1. The highest BCUT2D eigenvalue weighted by Crippen LogP contribution is 2.32. The molecule has 0 aliphatic rings. The zero-order chi connectivity index (χ0) is 20.0. The predicted octanol–water partition coefficient (Wildman–Crippen LogP) is 4.92. The van der Waals surface area contributed by atoms with Gasteiger partial charge in [-0.25, -0.2) is 0 Å². The van der Waals surface area contributed by atoms with Crippen LogP contribution < -0.4 is 9.25 Å². The number of hydrogen-bond acceptors (Lipinski definition) is 0. The minimum atomic E-state index is 0.388. The average molecular weight is 372 g/mol. The predicted molar refractivity (Wildman–Crippen MR) is 115 cm³/mol. The van der Waals surface area contributed by atoms with E-state index in [1.54, 1.807) is 0 Å². The van der Waals surface area contributed by atoms with E-state index in [1.165, 1.54) is 44.7 Å². The molecule has 2 heterocycles. The summed E-state index contributed by atoms with van der Waals surface area (Å²) in [5.41, 5.74) is 8.90. The molecule has 0 N–H and O–H groups in total. The van der Waals surface area contributed by atoms with Crippen LogP contribution in [0, 0.1) is 20.8 Å². The van der Waals surface area contributed by atoms with Gasteiger partial charge in [0, 0.05) is 30.7 Å². The van der Waals surface area contributed by atoms with E-state index in [9.17, 15) is 0 Å². The van der Waals surface area contributed by atoms with Gasteiger partial charge in [-0.1, -0.05) is 18.2 Å². The lowest BCUT2D eigenvalue weighted by Gasteiger charge is -2.09. The van der Waals surface area contributed by atoms with Crippen molar-refractivity contribution in [1.82, 2.24) is 4.68 Å². The molecule has 4 aromatic rings. The normalized spacial score (nSPS) is 11.5. The molecule has 0 atom stereocenters. The van der Waals surface area contributed by atoms with Gasteiger partial charge in [0.2, 0.25) is 11.4 Å². The molecule has 28 heavy (non-hydrogen) atoms. The van der Waals surface area contributed by atoms with Crippen LogP contribution in [0.4, 0.5) is 0 Å². The molecule has 0 radical (unpaired) electrons. The average Bonchev–Trinajstić information content (AvgIpc) is 2.96. The van der Waals surface area contributed by atoms with E-state index in [0.29, 0.717) is 6.04 Å². The van der Waals surface area contributed by atoms with E-state index in [1.807, 2.05) is 0 Å². The third kappa shape index (κ3) is 2.82. The van der Waals surface area contributed by atoms with Gasteiger partial charge in [-0.15, -0.1) is 4.68 Å². The van der Waals surface area contributed by atoms with Crippen LogP contribution in [0.2, 0.25) is 0 Å². The molecule has 3 heteroatoms. The summed E-state index contributed by atoms with van der Waals surface area (Å²) in [4.78, 5) is 0. The lowest BCUT2D eigenvalue weighted by Crippen LogP contribution is -2.41. The number of fused-ring (bicyclic) bond motifs is 1. The second-order valence-electron chi connectivity index (χ2n) is 8.00. The third-order valence-electron chi connectivity index (χ3n) is 5.64. The second kappa shape index (κ2) is 6.90. The first-order valence-corrected chi connectivity index (χ1v) is 9.98. The highest BCUT2D eigenvalue weighted by Gasteiger charge is 2.28. The Labute approximate surface area is 167 Å². The molecule has 0 fully saturated rings. The molecule has 0 saturated heterocycles. The van der Waals surface area contributed by atoms with Crippen molar-refractivity contribution in [1.29, 1.82) is 0 Å². The minimum Gasteiger partial charge on any atom is -0.164 e. The van der Waals surface area contributed by atoms with Crippen molar-refractivity contribution >= 4 is 10.9 Å². The van der Waals surface area contributed by atoms with E-state index in [2.05, 4.69) is 116 Å². The van der Waals surface area contributed by atoms with E-state index in [-0.39, 0.29) is 0 Å². The van der Waals surface area contributed by atoms with Crippen molar-refractivity contribution in [3.8, 4) is 16.9 Å². The molecule has 142 valence electrons. The summed E-state index contributed by atoms with van der Waals surface area (Å²) in [6.07, 6.45) is 2.15. The molecular formula is C25H29N3+2. The van der Waals surface area contributed by atoms with Crippen LogP contribution >= 0.6 is 0 Å². The van der Waals surface area contributed by atoms with E-state index in [4.69, 9.17) is 0 Å². The molecule has 2 aromatic carbocycles. The Morgan fingerprint density at radius 1 is 0.893 bits per heavy atom. The molecule has 0 amide bonds. The van der Waals surface area contributed by atoms with E-state index in [0.717, 1.165) is 0 Å². The van der Waals surface area contributed by atoms with E-state index < -0.39 is 0 Å². The molecule has 0 bridgehead atoms. The fraction of sp³-hybridized carbons (Fsp3) is 0.280. The Balaban J connectivity index is 2.07. The summed E-state index contributed by atoms with van der Waals surface area (Å²) in [6.45, 7) is 11.1. The molecule has 0 spiro atoms. The van der Waals surface area contributed by atoms with Crippen molar-refractivity contribution in [3.05, 3.63) is 77.6 Å². The molecule has 4 rings (SSSR count). The Hall–Kier alpha value is -2.94. The molecular weight excluding hydrogens is 342 g/mol. The Bertz CT molecular complexity index is 1180. The second-order valence-corrected chi connectivity index (χ2v) is 8.00. The molecule has 2 aromatic heterocycles. The van der Waals surface area contributed by atoms with Gasteiger partial charge in [0.25, 0.3) is 0 Å². The van der Waals surface area contributed by atoms with E-state index >= 15 is 0 Å². The summed E-state index contributed by atoms with van der Waals surface area (Å²) < 4.78 is 6.99. The fourth-order valence-electron chi connectivity index (χ4n) is 4.40. The summed E-state index contributed by atoms with van der Waals surface area (Å²) in [5.74, 6) is 0. The molecule has 0 aliphatic heterocycles. The van der Waals surface area contributed by atoms with Gasteiger partial charge in [0.1, 0.15) is 5.52 Å². The lowest BCUT2D eigenvalue weighted by atomic mass is 9.98. The van der Waals surface area contributed by atoms with Crippen molar-refractivity contribution in [3.63, 3.8) is 0 Å². The van der Waals surface area contributed by atoms with Crippen LogP contribution in [0.15, 0.2) is 60.8 Å². The SMILES string of the molecule is Cc1cc(-c2c3ccccc3n(C(C)C)[n+]2C)c(C)c(-[n+]2ccccc2C)c1. The van der Waals surface area contributed by atoms with Gasteiger partial charge in [0.05, 0.1) is 17.0 Å². The summed E-state index contributed by atoms with van der Waals surface area (Å²) >= 11 is 0. The van der Waals surface area contributed by atoms with Crippen LogP contribution in [-0.4, -0.2) is 4.68 Å². The number of nitrogens with zero attached hydrogens (tertiary/aromatic N) is 3. The first kappa shape index (κ1) is 18.4. The van der Waals surface area contributed by atoms with Crippen LogP contribution in [0.1, 0.15) is 36.7 Å². The van der Waals surface area contributed by atoms with Gasteiger partial charge in [-0.3, -0.25) is 0 Å². The van der Waals surface area contributed by atoms with Gasteiger partial charge in [-0.05, 0) is 51.5 Å². The molecule has 0 unspecified atom stereocenters. The van der Waals surface area contributed by atoms with Gasteiger partial charge in [0.15, 0.2) is 18.9 Å². The smallest absolute Gasteiger partial charge is 0.164 e. The fourth-order valence-corrected chi connectivity index (χ4v) is 4.40. The Morgan fingerprint density at radius 3 is 2.32 bits per heavy atom. The number of rotatable bonds is 3. The minimum absolute atomic E-state index is 0.388. The summed E-state index contributed by atoms with van der Waals surface area (Å²) in [5, 5.41) is 1.30. The molecule has 0 aliphatic carbocycles. The quantitative estimate of drug-likeness (QED) is 0.454.